The number of aliphatic hydroxyl groups excluding tert-OH is 1. The van der Waals surface area contributed by atoms with Gasteiger partial charge in [-0.2, -0.15) is 0 Å². The molecule has 0 radical (unpaired) electrons. The van der Waals surface area contributed by atoms with Gasteiger partial charge in [-0.05, 0) is 48.6 Å². The average Bonchev–Trinajstić information content (AvgIpc) is 2.60. The predicted octanol–water partition coefficient (Wildman–Crippen LogP) is 2.89. The lowest BCUT2D eigenvalue weighted by atomic mass is 10.2. The molecular formula is C17H17ClN3O4-. The van der Waals surface area contributed by atoms with Crippen molar-refractivity contribution in [2.75, 3.05) is 24.6 Å². The van der Waals surface area contributed by atoms with Gasteiger partial charge in [0.25, 0.3) is 5.69 Å². The molecule has 132 valence electrons. The molecule has 0 aliphatic rings. The highest BCUT2D eigenvalue weighted by atomic mass is 35.5. The van der Waals surface area contributed by atoms with Crippen LogP contribution in [0.4, 0.5) is 17.1 Å². The summed E-state index contributed by atoms with van der Waals surface area (Å²) in [6.45, 7) is 3.34. The number of halogens is 1. The van der Waals surface area contributed by atoms with Crippen LogP contribution in [0.1, 0.15) is 12.5 Å². The molecule has 2 aromatic rings. The van der Waals surface area contributed by atoms with E-state index in [1.165, 1.54) is 12.3 Å². The molecule has 2 aromatic carbocycles. The molecule has 7 nitrogen and oxygen atoms in total. The van der Waals surface area contributed by atoms with Crippen molar-refractivity contribution in [3.05, 3.63) is 57.1 Å². The summed E-state index contributed by atoms with van der Waals surface area (Å²) in [5.41, 5.74) is 1.01. The van der Waals surface area contributed by atoms with E-state index in [9.17, 15) is 15.2 Å². The highest BCUT2D eigenvalue weighted by Crippen LogP contribution is 2.30. The van der Waals surface area contributed by atoms with Gasteiger partial charge in [-0.25, -0.2) is 0 Å². The van der Waals surface area contributed by atoms with Gasteiger partial charge < -0.3 is 15.1 Å². The molecule has 0 unspecified atom stereocenters. The third-order valence-electron chi connectivity index (χ3n) is 3.58. The monoisotopic (exact) mass is 362 g/mol. The van der Waals surface area contributed by atoms with Crippen molar-refractivity contribution in [3.63, 3.8) is 0 Å². The van der Waals surface area contributed by atoms with Gasteiger partial charge in [-0.1, -0.05) is 11.6 Å². The molecule has 0 saturated heterocycles. The number of rotatable bonds is 7. The van der Waals surface area contributed by atoms with Crippen LogP contribution in [0.15, 0.2) is 41.4 Å². The number of aliphatic imine (C=N–C) groups is 1. The largest absolute Gasteiger partial charge is 0.867 e. The Morgan fingerprint density at radius 1 is 1.32 bits per heavy atom. The van der Waals surface area contributed by atoms with Gasteiger partial charge in [0, 0.05) is 36.1 Å². The molecule has 0 fully saturated rings. The third-order valence-corrected chi connectivity index (χ3v) is 3.80. The van der Waals surface area contributed by atoms with Crippen LogP contribution in [0.25, 0.3) is 0 Å². The summed E-state index contributed by atoms with van der Waals surface area (Å²) in [6, 6.07) is 9.59. The Labute approximate surface area is 150 Å². The summed E-state index contributed by atoms with van der Waals surface area (Å²) in [5.74, 6) is -0.727. The Morgan fingerprint density at radius 2 is 2.00 bits per heavy atom. The maximum absolute atomic E-state index is 12.0. The molecule has 0 amide bonds. The zero-order chi connectivity index (χ0) is 18.4. The first-order valence-corrected chi connectivity index (χ1v) is 7.99. The maximum Gasteiger partial charge on any atom is 0.263 e. The van der Waals surface area contributed by atoms with Crippen molar-refractivity contribution in [1.82, 2.24) is 0 Å². The lowest BCUT2D eigenvalue weighted by molar-refractivity contribution is -0.398. The molecule has 1 N–H and O–H groups in total. The second kappa shape index (κ2) is 8.46. The van der Waals surface area contributed by atoms with Crippen LogP contribution in [-0.4, -0.2) is 35.9 Å². The molecule has 0 bridgehead atoms. The summed E-state index contributed by atoms with van der Waals surface area (Å²) in [4.78, 5) is 16.3. The normalized spacial score (nSPS) is 11.0. The predicted molar refractivity (Wildman–Crippen MR) is 96.2 cm³/mol. The number of nitro benzene ring substituents is 1. The summed E-state index contributed by atoms with van der Waals surface area (Å²) in [5, 5.41) is 32.0. The van der Waals surface area contributed by atoms with E-state index >= 15 is 0 Å². The SMILES string of the molecule is CCN(CCO)c1ccc(N=Cc2cc(Cl)cc([N+](=O)[O-])c2[O-])cc1. The van der Waals surface area contributed by atoms with E-state index in [2.05, 4.69) is 4.99 Å². The highest BCUT2D eigenvalue weighted by molar-refractivity contribution is 6.31. The van der Waals surface area contributed by atoms with Crippen molar-refractivity contribution in [1.29, 1.82) is 0 Å². The van der Waals surface area contributed by atoms with Crippen LogP contribution in [0.3, 0.4) is 0 Å². The molecule has 0 atom stereocenters. The summed E-state index contributed by atoms with van der Waals surface area (Å²) in [6.07, 6.45) is 1.27. The number of benzene rings is 2. The van der Waals surface area contributed by atoms with Gasteiger partial charge in [-0.3, -0.25) is 15.1 Å². The highest BCUT2D eigenvalue weighted by Gasteiger charge is 2.11. The lowest BCUT2D eigenvalue weighted by Gasteiger charge is -2.21. The quantitative estimate of drug-likeness (QED) is 0.463. The first-order chi connectivity index (χ1) is 12.0. The van der Waals surface area contributed by atoms with Crippen LogP contribution < -0.4 is 10.0 Å². The topological polar surface area (TPSA) is 102 Å². The molecule has 8 heteroatoms. The fourth-order valence-electron chi connectivity index (χ4n) is 2.32. The van der Waals surface area contributed by atoms with Crippen LogP contribution >= 0.6 is 11.6 Å². The summed E-state index contributed by atoms with van der Waals surface area (Å²) in [7, 11) is 0. The molecule has 25 heavy (non-hydrogen) atoms. The van der Waals surface area contributed by atoms with E-state index in [0.717, 1.165) is 18.3 Å². The van der Waals surface area contributed by atoms with E-state index in [1.807, 2.05) is 24.0 Å². The van der Waals surface area contributed by atoms with Crippen molar-refractivity contribution >= 4 is 34.9 Å². The second-order valence-corrected chi connectivity index (χ2v) is 5.61. The van der Waals surface area contributed by atoms with Crippen LogP contribution in [0.2, 0.25) is 5.02 Å². The van der Waals surface area contributed by atoms with Gasteiger partial charge in [0.1, 0.15) is 0 Å². The van der Waals surface area contributed by atoms with Gasteiger partial charge >= 0.3 is 0 Å². The zero-order valence-electron chi connectivity index (χ0n) is 13.6. The van der Waals surface area contributed by atoms with Gasteiger partial charge in [0.15, 0.2) is 0 Å². The minimum absolute atomic E-state index is 0.0544. The third kappa shape index (κ3) is 4.68. The van der Waals surface area contributed by atoms with Gasteiger partial charge in [0.2, 0.25) is 0 Å². The summed E-state index contributed by atoms with van der Waals surface area (Å²) >= 11 is 5.82. The Balaban J connectivity index is 2.24. The standard InChI is InChI=1S/C17H18ClN3O4/c1-2-20(7-8-22)15-5-3-14(4-6-15)19-11-12-9-13(18)10-16(17(12)23)21(24)25/h3-6,9-11,22-23H,2,7-8H2,1H3/p-1. The molecule has 2 rings (SSSR count). The van der Waals surface area contributed by atoms with E-state index in [4.69, 9.17) is 16.7 Å². The van der Waals surface area contributed by atoms with Crippen molar-refractivity contribution in [3.8, 4) is 5.75 Å². The molecule has 0 heterocycles. The van der Waals surface area contributed by atoms with E-state index in [0.29, 0.717) is 12.2 Å². The van der Waals surface area contributed by atoms with Gasteiger partial charge in [-0.15, -0.1) is 0 Å². The van der Waals surface area contributed by atoms with E-state index in [-0.39, 0.29) is 17.2 Å². The molecular weight excluding hydrogens is 346 g/mol. The smallest absolute Gasteiger partial charge is 0.263 e. The number of aliphatic hydroxyl groups is 1. The van der Waals surface area contributed by atoms with Gasteiger partial charge in [0.05, 0.1) is 17.2 Å². The minimum atomic E-state index is -0.763. The molecule has 0 aromatic heterocycles. The maximum atomic E-state index is 12.0. The Kier molecular flexibility index (Phi) is 6.32. The minimum Gasteiger partial charge on any atom is -0.867 e. The van der Waals surface area contributed by atoms with Crippen molar-refractivity contribution in [2.45, 2.75) is 6.92 Å². The van der Waals surface area contributed by atoms with Crippen LogP contribution in [0.5, 0.6) is 5.75 Å². The van der Waals surface area contributed by atoms with Crippen molar-refractivity contribution < 1.29 is 15.1 Å². The number of nitrogens with zero attached hydrogens (tertiary/aromatic N) is 3. The lowest BCUT2D eigenvalue weighted by Crippen LogP contribution is -2.25. The number of anilines is 1. The molecule has 0 aliphatic heterocycles. The fraction of sp³-hybridized carbons (Fsp3) is 0.235. The zero-order valence-corrected chi connectivity index (χ0v) is 14.3. The van der Waals surface area contributed by atoms with E-state index < -0.39 is 16.4 Å². The second-order valence-electron chi connectivity index (χ2n) is 5.18. The summed E-state index contributed by atoms with van der Waals surface area (Å²) < 4.78 is 0. The fourth-order valence-corrected chi connectivity index (χ4v) is 2.54. The molecule has 0 aliphatic carbocycles. The number of hydrogen-bond acceptors (Lipinski definition) is 6. The molecule has 0 spiro atoms. The Morgan fingerprint density at radius 3 is 2.56 bits per heavy atom. The first kappa shape index (κ1) is 18.7. The number of likely N-dealkylation sites (N-methyl/N-ethyl adjacent to an activating group) is 1. The van der Waals surface area contributed by atoms with Crippen LogP contribution in [0, 0.1) is 10.1 Å². The first-order valence-electron chi connectivity index (χ1n) is 7.61. The van der Waals surface area contributed by atoms with Crippen molar-refractivity contribution in [2.24, 2.45) is 4.99 Å². The molecule has 0 saturated carbocycles. The Bertz CT molecular complexity index is 778. The Hall–Kier alpha value is -2.64. The average molecular weight is 363 g/mol. The number of nitro groups is 1. The number of hydrogen-bond donors (Lipinski definition) is 1. The van der Waals surface area contributed by atoms with Crippen LogP contribution in [-0.2, 0) is 0 Å². The van der Waals surface area contributed by atoms with E-state index in [1.54, 1.807) is 12.1 Å².